The lowest BCUT2D eigenvalue weighted by molar-refractivity contribution is -0.138. The largest absolute Gasteiger partial charge is 0.497 e. The molecule has 0 fully saturated rings. The highest BCUT2D eigenvalue weighted by Crippen LogP contribution is 2.23. The first-order valence-electron chi connectivity index (χ1n) is 9.67. The number of nitrogens with zero attached hydrogens (tertiary/aromatic N) is 5. The first-order valence-corrected chi connectivity index (χ1v) is 10.5. The lowest BCUT2D eigenvalue weighted by Crippen LogP contribution is -2.15. The van der Waals surface area contributed by atoms with Crippen molar-refractivity contribution < 1.29 is 14.3 Å². The quantitative estimate of drug-likeness (QED) is 0.319. The van der Waals surface area contributed by atoms with Gasteiger partial charge in [-0.3, -0.25) is 0 Å². The van der Waals surface area contributed by atoms with Crippen molar-refractivity contribution in [1.29, 1.82) is 0 Å². The lowest BCUT2D eigenvalue weighted by Gasteiger charge is -2.08. The summed E-state index contributed by atoms with van der Waals surface area (Å²) in [6, 6.07) is 16.9. The van der Waals surface area contributed by atoms with E-state index in [1.807, 2.05) is 60.0 Å². The van der Waals surface area contributed by atoms with Gasteiger partial charge in [0.25, 0.3) is 0 Å². The molecule has 0 aliphatic heterocycles. The van der Waals surface area contributed by atoms with Crippen molar-refractivity contribution in [2.45, 2.75) is 13.5 Å². The normalized spacial score (nSPS) is 11.2. The molecule has 0 saturated heterocycles. The first kappa shape index (κ1) is 21.2. The zero-order valence-electron chi connectivity index (χ0n) is 17.4. The van der Waals surface area contributed by atoms with Crippen LogP contribution in [-0.4, -0.2) is 38.3 Å². The average Bonchev–Trinajstić information content (AvgIpc) is 3.45. The highest BCUT2D eigenvalue weighted by molar-refractivity contribution is 7.13. The number of hydrogen-bond acceptors (Lipinski definition) is 9. The van der Waals surface area contributed by atoms with Crippen LogP contribution in [0.25, 0.3) is 11.8 Å². The van der Waals surface area contributed by atoms with Crippen LogP contribution < -0.4 is 10.1 Å². The van der Waals surface area contributed by atoms with E-state index >= 15 is 0 Å². The Labute approximate surface area is 188 Å². The number of benzene rings is 2. The van der Waals surface area contributed by atoms with Crippen LogP contribution in [0.4, 0.5) is 10.8 Å². The number of aromatic nitrogens is 5. The average molecular weight is 449 g/mol. The molecule has 9 nitrogen and oxygen atoms in total. The molecule has 162 valence electrons. The Morgan fingerprint density at radius 3 is 2.62 bits per heavy atom. The Morgan fingerprint density at radius 2 is 1.94 bits per heavy atom. The van der Waals surface area contributed by atoms with Crippen molar-refractivity contribution in [2.75, 3.05) is 12.4 Å². The number of anilines is 2. The maximum absolute atomic E-state index is 12.9. The molecule has 32 heavy (non-hydrogen) atoms. The summed E-state index contributed by atoms with van der Waals surface area (Å²) >= 11 is 1.42. The molecule has 4 rings (SSSR count). The molecule has 0 radical (unpaired) electrons. The van der Waals surface area contributed by atoms with Gasteiger partial charge in [0.15, 0.2) is 16.7 Å². The van der Waals surface area contributed by atoms with Crippen LogP contribution in [0.1, 0.15) is 17.1 Å². The highest BCUT2D eigenvalue weighted by atomic mass is 32.1. The van der Waals surface area contributed by atoms with Crippen molar-refractivity contribution in [1.82, 2.24) is 25.2 Å². The summed E-state index contributed by atoms with van der Waals surface area (Å²) in [6.07, 6.45) is 1.68. The van der Waals surface area contributed by atoms with E-state index in [4.69, 9.17) is 9.47 Å². The summed E-state index contributed by atoms with van der Waals surface area (Å²) in [5, 5.41) is 17.1. The number of rotatable bonds is 8. The predicted molar refractivity (Wildman–Crippen MR) is 121 cm³/mol. The monoisotopic (exact) mass is 448 g/mol. The van der Waals surface area contributed by atoms with Crippen LogP contribution in [0.3, 0.4) is 0 Å². The zero-order valence-corrected chi connectivity index (χ0v) is 18.2. The third-order valence-corrected chi connectivity index (χ3v) is 5.22. The molecule has 0 saturated carbocycles. The van der Waals surface area contributed by atoms with Gasteiger partial charge in [-0.15, -0.1) is 16.4 Å². The minimum atomic E-state index is -0.554. The number of nitrogens with one attached hydrogen (secondary N) is 1. The Hall–Kier alpha value is -4.05. The van der Waals surface area contributed by atoms with Gasteiger partial charge in [-0.05, 0) is 53.3 Å². The van der Waals surface area contributed by atoms with Gasteiger partial charge in [0.1, 0.15) is 12.4 Å². The number of tetrazole rings is 1. The van der Waals surface area contributed by atoms with E-state index in [1.54, 1.807) is 20.1 Å². The molecule has 0 bridgehead atoms. The molecule has 2 heterocycles. The molecule has 10 heteroatoms. The van der Waals surface area contributed by atoms with Gasteiger partial charge < -0.3 is 14.8 Å². The summed E-state index contributed by atoms with van der Waals surface area (Å²) < 4.78 is 12.0. The molecule has 4 aromatic rings. The number of methoxy groups -OCH3 is 1. The Balaban J connectivity index is 1.44. The second-order valence-electron chi connectivity index (χ2n) is 6.65. The third-order valence-electron chi connectivity index (χ3n) is 4.41. The third kappa shape index (κ3) is 5.16. The van der Waals surface area contributed by atoms with E-state index < -0.39 is 5.97 Å². The minimum Gasteiger partial charge on any atom is -0.497 e. The zero-order chi connectivity index (χ0) is 22.3. The molecular weight excluding hydrogens is 428 g/mol. The van der Waals surface area contributed by atoms with Gasteiger partial charge in [-0.1, -0.05) is 30.3 Å². The van der Waals surface area contributed by atoms with Crippen molar-refractivity contribution in [3.63, 3.8) is 0 Å². The number of thiazole rings is 1. The van der Waals surface area contributed by atoms with Crippen LogP contribution in [0.2, 0.25) is 0 Å². The molecule has 0 unspecified atom stereocenters. The van der Waals surface area contributed by atoms with Crippen LogP contribution in [0, 0.1) is 6.92 Å². The second kappa shape index (κ2) is 9.84. The standard InChI is InChI=1S/C22H20N6O3S/c1-15-25-26-27-28(15)20(12-16-6-4-3-5-7-16)21(29)31-13-18-14-32-22(24-18)23-17-8-10-19(30-2)11-9-17/h3-12,14H,13H2,1-2H3,(H,23,24)/b20-12-. The fourth-order valence-electron chi connectivity index (χ4n) is 2.81. The van der Waals surface area contributed by atoms with Crippen molar-refractivity contribution in [2.24, 2.45) is 0 Å². The van der Waals surface area contributed by atoms with Gasteiger partial charge in [-0.25, -0.2) is 9.78 Å². The smallest absolute Gasteiger partial charge is 0.357 e. The van der Waals surface area contributed by atoms with Gasteiger partial charge in [-0.2, -0.15) is 4.68 Å². The van der Waals surface area contributed by atoms with Gasteiger partial charge in [0.2, 0.25) is 0 Å². The maximum atomic E-state index is 12.9. The molecule has 0 spiro atoms. The van der Waals surface area contributed by atoms with E-state index in [2.05, 4.69) is 25.8 Å². The number of carbonyl (C=O) groups excluding carboxylic acids is 1. The van der Waals surface area contributed by atoms with E-state index in [1.165, 1.54) is 16.0 Å². The predicted octanol–water partition coefficient (Wildman–Crippen LogP) is 3.93. The summed E-state index contributed by atoms with van der Waals surface area (Å²) in [7, 11) is 1.62. The van der Waals surface area contributed by atoms with E-state index in [0.717, 1.165) is 17.0 Å². The Bertz CT molecular complexity index is 1220. The number of aryl methyl sites for hydroxylation is 1. The van der Waals surface area contributed by atoms with Gasteiger partial charge >= 0.3 is 5.97 Å². The molecular formula is C22H20N6O3S. The van der Waals surface area contributed by atoms with Crippen molar-refractivity contribution >= 4 is 39.9 Å². The van der Waals surface area contributed by atoms with Crippen molar-refractivity contribution in [3.05, 3.63) is 77.1 Å². The number of carbonyl (C=O) groups is 1. The minimum absolute atomic E-state index is 0.0208. The number of hydrogen-bond donors (Lipinski definition) is 1. The molecule has 2 aromatic heterocycles. The van der Waals surface area contributed by atoms with E-state index in [0.29, 0.717) is 16.6 Å². The topological polar surface area (TPSA) is 104 Å². The summed E-state index contributed by atoms with van der Waals surface area (Å²) in [5.41, 5.74) is 2.55. The van der Waals surface area contributed by atoms with Crippen molar-refractivity contribution in [3.8, 4) is 5.75 Å². The fraction of sp³-hybridized carbons (Fsp3) is 0.136. The molecule has 2 aromatic carbocycles. The molecule has 0 aliphatic rings. The number of esters is 1. The Morgan fingerprint density at radius 1 is 1.16 bits per heavy atom. The SMILES string of the molecule is COc1ccc(Nc2nc(COC(=O)/C(=C/c3ccccc3)n3nnnc3C)cs2)cc1. The van der Waals surface area contributed by atoms with Crippen LogP contribution in [-0.2, 0) is 16.1 Å². The molecule has 0 aliphatic carbocycles. The second-order valence-corrected chi connectivity index (χ2v) is 7.51. The van der Waals surface area contributed by atoms with E-state index in [-0.39, 0.29) is 12.3 Å². The fourth-order valence-corrected chi connectivity index (χ4v) is 3.53. The maximum Gasteiger partial charge on any atom is 0.357 e. The summed E-state index contributed by atoms with van der Waals surface area (Å²) in [6.45, 7) is 1.73. The molecule has 1 N–H and O–H groups in total. The lowest BCUT2D eigenvalue weighted by atomic mass is 10.2. The Kier molecular flexibility index (Phi) is 6.52. The number of ether oxygens (including phenoxy) is 2. The van der Waals surface area contributed by atoms with E-state index in [9.17, 15) is 4.79 Å². The van der Waals surface area contributed by atoms with Gasteiger partial charge in [0.05, 0.1) is 12.8 Å². The first-order chi connectivity index (χ1) is 15.6. The van der Waals surface area contributed by atoms with Crippen LogP contribution in [0.15, 0.2) is 60.0 Å². The highest BCUT2D eigenvalue weighted by Gasteiger charge is 2.18. The molecule has 0 atom stereocenters. The molecule has 0 amide bonds. The van der Waals surface area contributed by atoms with Gasteiger partial charge in [0, 0.05) is 11.1 Å². The van der Waals surface area contributed by atoms with Crippen LogP contribution in [0.5, 0.6) is 5.75 Å². The summed E-state index contributed by atoms with van der Waals surface area (Å²) in [4.78, 5) is 17.3. The summed E-state index contributed by atoms with van der Waals surface area (Å²) in [5.74, 6) is 0.699. The van der Waals surface area contributed by atoms with Crippen LogP contribution >= 0.6 is 11.3 Å².